The average molecular weight is 462 g/mol. The quantitative estimate of drug-likeness (QED) is 0.330. The van der Waals surface area contributed by atoms with Gasteiger partial charge in [0, 0.05) is 11.1 Å². The van der Waals surface area contributed by atoms with E-state index in [1.807, 2.05) is 129 Å². The molecule has 5 rings (SSSR count). The molecule has 1 heterocycles. The Labute approximate surface area is 205 Å². The molecule has 0 N–H and O–H groups in total. The summed E-state index contributed by atoms with van der Waals surface area (Å²) in [6, 6.07) is 36.2. The van der Waals surface area contributed by atoms with Crippen molar-refractivity contribution < 1.29 is 14.3 Å². The highest BCUT2D eigenvalue weighted by atomic mass is 16.6. The zero-order valence-electron chi connectivity index (χ0n) is 19.8. The van der Waals surface area contributed by atoms with Crippen LogP contribution in [0.15, 0.2) is 115 Å². The second-order valence-corrected chi connectivity index (χ2v) is 8.99. The molecule has 4 nitrogen and oxygen atoms in total. The first kappa shape index (κ1) is 22.6. The average Bonchev–Trinajstić information content (AvgIpc) is 3.23. The third-order valence-corrected chi connectivity index (χ3v) is 6.79. The zero-order chi connectivity index (χ0) is 24.4. The van der Waals surface area contributed by atoms with Crippen LogP contribution in [0.4, 0.5) is 4.79 Å². The van der Waals surface area contributed by atoms with E-state index in [0.29, 0.717) is 0 Å². The number of cyclic esters (lactones) is 1. The molecular formula is C31H27NO3. The molecule has 2 amide bonds. The van der Waals surface area contributed by atoms with Gasteiger partial charge in [-0.15, -0.1) is 0 Å². The monoisotopic (exact) mass is 461 g/mol. The number of rotatable bonds is 5. The molecule has 0 saturated carbocycles. The van der Waals surface area contributed by atoms with Gasteiger partial charge >= 0.3 is 6.09 Å². The number of amides is 2. The van der Waals surface area contributed by atoms with Crippen molar-refractivity contribution in [2.45, 2.75) is 31.4 Å². The largest absolute Gasteiger partial charge is 0.430 e. The molecule has 35 heavy (non-hydrogen) atoms. The first-order valence-electron chi connectivity index (χ1n) is 11.8. The summed E-state index contributed by atoms with van der Waals surface area (Å²) in [6.45, 7) is 3.85. The van der Waals surface area contributed by atoms with Crippen molar-refractivity contribution in [2.75, 3.05) is 0 Å². The Morgan fingerprint density at radius 1 is 0.771 bits per heavy atom. The maximum atomic E-state index is 14.0. The van der Waals surface area contributed by atoms with Gasteiger partial charge in [-0.05, 0) is 25.0 Å². The van der Waals surface area contributed by atoms with Gasteiger partial charge in [0.05, 0.1) is 5.92 Å². The van der Waals surface area contributed by atoms with E-state index in [1.54, 1.807) is 0 Å². The number of carbonyl (C=O) groups excluding carboxylic acids is 2. The molecule has 0 aliphatic carbocycles. The van der Waals surface area contributed by atoms with Gasteiger partial charge in [0.15, 0.2) is 5.60 Å². The van der Waals surface area contributed by atoms with Crippen LogP contribution in [-0.2, 0) is 15.1 Å². The maximum Gasteiger partial charge on any atom is 0.418 e. The summed E-state index contributed by atoms with van der Waals surface area (Å²) >= 11 is 0. The van der Waals surface area contributed by atoms with Crippen LogP contribution in [0.25, 0.3) is 0 Å². The number of nitrogens with zero attached hydrogens (tertiary/aromatic N) is 1. The number of aryl methyl sites for hydroxylation is 1. The van der Waals surface area contributed by atoms with E-state index in [-0.39, 0.29) is 5.91 Å². The second kappa shape index (κ2) is 9.22. The molecule has 1 aliphatic heterocycles. The summed E-state index contributed by atoms with van der Waals surface area (Å²) in [5, 5.41) is 0. The lowest BCUT2D eigenvalue weighted by atomic mass is 9.77. The number of imide groups is 1. The van der Waals surface area contributed by atoms with Crippen LogP contribution in [0.5, 0.6) is 0 Å². The molecule has 0 bridgehead atoms. The number of hydrogen-bond acceptors (Lipinski definition) is 3. The number of benzene rings is 4. The maximum absolute atomic E-state index is 14.0. The van der Waals surface area contributed by atoms with Crippen LogP contribution in [0, 0.1) is 6.92 Å². The lowest BCUT2D eigenvalue weighted by molar-refractivity contribution is -0.131. The molecule has 174 valence electrons. The third-order valence-electron chi connectivity index (χ3n) is 6.79. The fraction of sp³-hybridized carbons (Fsp3) is 0.161. The van der Waals surface area contributed by atoms with Gasteiger partial charge in [0.1, 0.15) is 6.04 Å². The smallest absolute Gasteiger partial charge is 0.418 e. The van der Waals surface area contributed by atoms with Gasteiger partial charge in [-0.3, -0.25) is 4.79 Å². The molecule has 1 aliphatic rings. The van der Waals surface area contributed by atoms with E-state index < -0.39 is 23.7 Å². The zero-order valence-corrected chi connectivity index (χ0v) is 19.8. The predicted octanol–water partition coefficient (Wildman–Crippen LogP) is 6.76. The summed E-state index contributed by atoms with van der Waals surface area (Å²) in [5.74, 6) is -0.807. The first-order chi connectivity index (χ1) is 17.0. The Morgan fingerprint density at radius 2 is 1.26 bits per heavy atom. The standard InChI is InChI=1S/C31H27NO3/c1-22-18-20-24(21-19-22)23(2)29(33)32-28(25-12-6-3-7-13-25)31(35-30(32)34,26-14-8-4-9-15-26)27-16-10-5-11-17-27/h3-21,23,28H,1-2H3/t23-,28+/m1/s1. The van der Waals surface area contributed by atoms with Gasteiger partial charge in [0.2, 0.25) is 5.91 Å². The summed E-state index contributed by atoms with van der Waals surface area (Å²) in [5.41, 5.74) is 3.23. The summed E-state index contributed by atoms with van der Waals surface area (Å²) in [4.78, 5) is 29.0. The van der Waals surface area contributed by atoms with E-state index in [4.69, 9.17) is 4.74 Å². The lowest BCUT2D eigenvalue weighted by Crippen LogP contribution is -2.41. The summed E-state index contributed by atoms with van der Waals surface area (Å²) < 4.78 is 6.29. The minimum absolute atomic E-state index is 0.290. The highest BCUT2D eigenvalue weighted by Gasteiger charge is 2.59. The topological polar surface area (TPSA) is 46.6 Å². The molecule has 4 aromatic rings. The number of carbonyl (C=O) groups is 2. The van der Waals surface area contributed by atoms with Crippen molar-refractivity contribution in [1.82, 2.24) is 4.90 Å². The van der Waals surface area contributed by atoms with Gasteiger partial charge in [-0.1, -0.05) is 121 Å². The van der Waals surface area contributed by atoms with Crippen LogP contribution in [0.1, 0.15) is 46.7 Å². The number of ether oxygens (including phenoxy) is 1. The summed E-state index contributed by atoms with van der Waals surface area (Å²) in [6.07, 6.45) is -0.643. The summed E-state index contributed by atoms with van der Waals surface area (Å²) in [7, 11) is 0. The molecule has 1 saturated heterocycles. The van der Waals surface area contributed by atoms with Gasteiger partial charge < -0.3 is 4.74 Å². The highest BCUT2D eigenvalue weighted by molar-refractivity contribution is 5.98. The van der Waals surface area contributed by atoms with Crippen molar-refractivity contribution >= 4 is 12.0 Å². The minimum Gasteiger partial charge on any atom is -0.430 e. The van der Waals surface area contributed by atoms with E-state index in [0.717, 1.165) is 27.8 Å². The van der Waals surface area contributed by atoms with Crippen molar-refractivity contribution in [2.24, 2.45) is 0 Å². The molecule has 0 aromatic heterocycles. The Kier molecular flexibility index (Phi) is 5.96. The molecule has 4 heteroatoms. The fourth-order valence-electron chi connectivity index (χ4n) is 4.94. The van der Waals surface area contributed by atoms with Crippen LogP contribution < -0.4 is 0 Å². The number of hydrogen-bond donors (Lipinski definition) is 0. The fourth-order valence-corrected chi connectivity index (χ4v) is 4.94. The second-order valence-electron chi connectivity index (χ2n) is 8.99. The van der Waals surface area contributed by atoms with Crippen LogP contribution in [-0.4, -0.2) is 16.9 Å². The third kappa shape index (κ3) is 3.91. The van der Waals surface area contributed by atoms with Crippen molar-refractivity contribution in [3.8, 4) is 0 Å². The van der Waals surface area contributed by atoms with Gasteiger partial charge in [0.25, 0.3) is 0 Å². The molecule has 0 spiro atoms. The predicted molar refractivity (Wildman–Crippen MR) is 136 cm³/mol. The van der Waals surface area contributed by atoms with Crippen LogP contribution in [0.3, 0.4) is 0 Å². The molecular weight excluding hydrogens is 434 g/mol. The Morgan fingerprint density at radius 3 is 1.77 bits per heavy atom. The van der Waals surface area contributed by atoms with Gasteiger partial charge in [-0.2, -0.15) is 0 Å². The van der Waals surface area contributed by atoms with Crippen LogP contribution >= 0.6 is 0 Å². The van der Waals surface area contributed by atoms with E-state index >= 15 is 0 Å². The van der Waals surface area contributed by atoms with E-state index in [2.05, 4.69) is 0 Å². The van der Waals surface area contributed by atoms with E-state index in [9.17, 15) is 9.59 Å². The molecule has 0 unspecified atom stereocenters. The molecule has 0 radical (unpaired) electrons. The molecule has 2 atom stereocenters. The Bertz CT molecular complexity index is 1280. The minimum atomic E-state index is -1.19. The first-order valence-corrected chi connectivity index (χ1v) is 11.8. The van der Waals surface area contributed by atoms with E-state index in [1.165, 1.54) is 4.90 Å². The van der Waals surface area contributed by atoms with Crippen molar-refractivity contribution in [1.29, 1.82) is 0 Å². The van der Waals surface area contributed by atoms with Crippen molar-refractivity contribution in [3.63, 3.8) is 0 Å². The molecule has 1 fully saturated rings. The lowest BCUT2D eigenvalue weighted by Gasteiger charge is -2.36. The highest BCUT2D eigenvalue weighted by Crippen LogP contribution is 2.53. The molecule has 4 aromatic carbocycles. The van der Waals surface area contributed by atoms with Gasteiger partial charge in [-0.25, -0.2) is 9.69 Å². The van der Waals surface area contributed by atoms with Crippen LogP contribution in [0.2, 0.25) is 0 Å². The van der Waals surface area contributed by atoms with Crippen molar-refractivity contribution in [3.05, 3.63) is 143 Å². The SMILES string of the molecule is Cc1ccc([C@@H](C)C(=O)N2C(=O)OC(c3ccccc3)(c3ccccc3)[C@@H]2c2ccccc2)cc1. The Balaban J connectivity index is 1.71. The Hall–Kier alpha value is -4.18. The normalized spacial score (nSPS) is 17.6.